The van der Waals surface area contributed by atoms with Gasteiger partial charge < -0.3 is 10.6 Å². The van der Waals surface area contributed by atoms with E-state index in [0.29, 0.717) is 22.9 Å². The summed E-state index contributed by atoms with van der Waals surface area (Å²) in [6.45, 7) is 5.90. The van der Waals surface area contributed by atoms with Crippen LogP contribution in [0, 0.1) is 17.3 Å². The van der Waals surface area contributed by atoms with Gasteiger partial charge in [0.1, 0.15) is 5.01 Å². The molecule has 1 aromatic rings. The molecule has 0 radical (unpaired) electrons. The molecule has 6 nitrogen and oxygen atoms in total. The van der Waals surface area contributed by atoms with Crippen LogP contribution in [0.3, 0.4) is 0 Å². The van der Waals surface area contributed by atoms with Crippen molar-refractivity contribution in [1.29, 1.82) is 0 Å². The largest absolute Gasteiger partial charge is 0.351 e. The van der Waals surface area contributed by atoms with Crippen molar-refractivity contribution in [3.8, 4) is 0 Å². The van der Waals surface area contributed by atoms with Crippen LogP contribution in [-0.2, 0) is 9.59 Å². The van der Waals surface area contributed by atoms with Crippen molar-refractivity contribution in [1.82, 2.24) is 15.5 Å². The average molecular weight is 391 g/mol. The van der Waals surface area contributed by atoms with Crippen molar-refractivity contribution in [2.45, 2.75) is 83.6 Å². The van der Waals surface area contributed by atoms with Gasteiger partial charge in [-0.2, -0.15) is 0 Å². The third kappa shape index (κ3) is 3.39. The lowest BCUT2D eigenvalue weighted by atomic mass is 9.46. The summed E-state index contributed by atoms with van der Waals surface area (Å²) in [6, 6.07) is 0. The lowest BCUT2D eigenvalue weighted by molar-refractivity contribution is -0.148. The first-order chi connectivity index (χ1) is 12.9. The van der Waals surface area contributed by atoms with Gasteiger partial charge in [0.15, 0.2) is 0 Å². The van der Waals surface area contributed by atoms with E-state index < -0.39 is 0 Å². The fourth-order valence-corrected chi connectivity index (χ4v) is 7.37. The first kappa shape index (κ1) is 18.8. The highest BCUT2D eigenvalue weighted by Crippen LogP contribution is 2.61. The van der Waals surface area contributed by atoms with E-state index in [4.69, 9.17) is 0 Å². The van der Waals surface area contributed by atoms with E-state index in [9.17, 15) is 9.59 Å². The maximum Gasteiger partial charge on any atom is 0.232 e. The highest BCUT2D eigenvalue weighted by atomic mass is 32.1. The van der Waals surface area contributed by atoms with E-state index in [1.165, 1.54) is 17.8 Å². The van der Waals surface area contributed by atoms with Crippen molar-refractivity contribution >= 4 is 28.3 Å². The molecular formula is C20H30N4O2S. The molecule has 27 heavy (non-hydrogen) atoms. The zero-order valence-electron chi connectivity index (χ0n) is 16.5. The SMILES string of the molecule is CCC(CC)c1nnc(NC(=O)C23C[C@@H]4C[C@H](CC(NC(C)=O)(C4)C2)C3)s1. The number of hydrogen-bond donors (Lipinski definition) is 2. The Balaban J connectivity index is 1.52. The predicted molar refractivity (Wildman–Crippen MR) is 106 cm³/mol. The first-order valence-corrected chi connectivity index (χ1v) is 11.1. The zero-order chi connectivity index (χ0) is 19.2. The minimum absolute atomic E-state index is 0.0199. The molecule has 5 rings (SSSR count). The number of carbonyl (C=O) groups excluding carboxylic acids is 2. The van der Waals surface area contributed by atoms with Crippen molar-refractivity contribution in [2.24, 2.45) is 17.3 Å². The van der Waals surface area contributed by atoms with Gasteiger partial charge in [0, 0.05) is 18.4 Å². The predicted octanol–water partition coefficient (Wildman–Crippen LogP) is 3.86. The highest BCUT2D eigenvalue weighted by molar-refractivity contribution is 7.15. The minimum Gasteiger partial charge on any atom is -0.351 e. The quantitative estimate of drug-likeness (QED) is 0.773. The number of nitrogens with one attached hydrogen (secondary N) is 2. The first-order valence-electron chi connectivity index (χ1n) is 10.3. The summed E-state index contributed by atoms with van der Waals surface area (Å²) in [5, 5.41) is 16.5. The third-order valence-corrected chi connectivity index (χ3v) is 7.98. The molecular weight excluding hydrogens is 360 g/mol. The van der Waals surface area contributed by atoms with Gasteiger partial charge in [-0.3, -0.25) is 9.59 Å². The highest BCUT2D eigenvalue weighted by Gasteiger charge is 2.61. The third-order valence-electron chi connectivity index (χ3n) is 6.98. The molecule has 7 heteroatoms. The van der Waals surface area contributed by atoms with Gasteiger partial charge in [-0.1, -0.05) is 25.2 Å². The molecule has 4 aliphatic carbocycles. The Morgan fingerprint density at radius 1 is 1.15 bits per heavy atom. The molecule has 0 spiro atoms. The van der Waals surface area contributed by atoms with Crippen LogP contribution in [0.5, 0.6) is 0 Å². The van der Waals surface area contributed by atoms with Gasteiger partial charge in [-0.15, -0.1) is 10.2 Å². The van der Waals surface area contributed by atoms with Crippen LogP contribution < -0.4 is 10.6 Å². The van der Waals surface area contributed by atoms with E-state index in [0.717, 1.165) is 50.0 Å². The van der Waals surface area contributed by atoms with Crippen LogP contribution >= 0.6 is 11.3 Å². The molecule has 148 valence electrons. The van der Waals surface area contributed by atoms with Gasteiger partial charge in [0.25, 0.3) is 0 Å². The molecule has 0 aromatic carbocycles. The molecule has 1 heterocycles. The molecule has 4 saturated carbocycles. The van der Waals surface area contributed by atoms with E-state index in [1.54, 1.807) is 6.92 Å². The summed E-state index contributed by atoms with van der Waals surface area (Å²) in [5.41, 5.74) is -0.553. The standard InChI is InChI=1S/C20H30N4O2S/c1-4-15(5-2)16-23-24-18(27-16)21-17(26)19-7-13-6-14(8-19)10-20(9-13,11-19)22-12(3)25/h13-15H,4-11H2,1-3H3,(H,22,25)(H,21,24,26)/t13-,14-,19?,20?/m0/s1. The van der Waals surface area contributed by atoms with Crippen LogP contribution in [0.25, 0.3) is 0 Å². The van der Waals surface area contributed by atoms with Crippen molar-refractivity contribution < 1.29 is 9.59 Å². The zero-order valence-corrected chi connectivity index (χ0v) is 17.3. The molecule has 2 amide bonds. The lowest BCUT2D eigenvalue weighted by Crippen LogP contribution is -2.65. The van der Waals surface area contributed by atoms with E-state index >= 15 is 0 Å². The number of carbonyl (C=O) groups is 2. The fraction of sp³-hybridized carbons (Fsp3) is 0.800. The normalized spacial score (nSPS) is 34.1. The van der Waals surface area contributed by atoms with Crippen LogP contribution in [-0.4, -0.2) is 27.6 Å². The molecule has 2 atom stereocenters. The number of amides is 2. The fourth-order valence-electron chi connectivity index (χ4n) is 6.37. The lowest BCUT2D eigenvalue weighted by Gasteiger charge is -2.61. The smallest absolute Gasteiger partial charge is 0.232 e. The number of hydrogen-bond acceptors (Lipinski definition) is 5. The summed E-state index contributed by atoms with van der Waals surface area (Å²) in [5.74, 6) is 1.59. The summed E-state index contributed by atoms with van der Waals surface area (Å²) in [6.07, 6.45) is 7.96. The van der Waals surface area contributed by atoms with Crippen molar-refractivity contribution in [2.75, 3.05) is 5.32 Å². The maximum absolute atomic E-state index is 13.3. The minimum atomic E-state index is -0.368. The molecule has 0 saturated heterocycles. The van der Waals surface area contributed by atoms with E-state index in [-0.39, 0.29) is 22.8 Å². The Bertz CT molecular complexity index is 728. The number of rotatable bonds is 6. The molecule has 1 aromatic heterocycles. The van der Waals surface area contributed by atoms with E-state index in [2.05, 4.69) is 34.7 Å². The molecule has 4 aliphatic rings. The Hall–Kier alpha value is -1.50. The topological polar surface area (TPSA) is 84.0 Å². The van der Waals surface area contributed by atoms with Gasteiger partial charge in [-0.05, 0) is 63.2 Å². The molecule has 4 bridgehead atoms. The van der Waals surface area contributed by atoms with Gasteiger partial charge in [-0.25, -0.2) is 0 Å². The summed E-state index contributed by atoms with van der Waals surface area (Å²) >= 11 is 1.51. The van der Waals surface area contributed by atoms with Crippen LogP contribution in [0.1, 0.15) is 83.1 Å². The second-order valence-electron chi connectivity index (χ2n) is 9.12. The summed E-state index contributed by atoms with van der Waals surface area (Å²) in [7, 11) is 0. The van der Waals surface area contributed by atoms with Gasteiger partial charge in [0.05, 0.1) is 5.41 Å². The molecule has 0 unspecified atom stereocenters. The number of anilines is 1. The van der Waals surface area contributed by atoms with Crippen molar-refractivity contribution in [3.63, 3.8) is 0 Å². The monoisotopic (exact) mass is 390 g/mol. The molecule has 4 fully saturated rings. The Morgan fingerprint density at radius 3 is 2.41 bits per heavy atom. The second-order valence-corrected chi connectivity index (χ2v) is 10.1. The maximum atomic E-state index is 13.3. The van der Waals surface area contributed by atoms with Crippen LogP contribution in [0.15, 0.2) is 0 Å². The molecule has 0 aliphatic heterocycles. The number of aromatic nitrogens is 2. The molecule has 2 N–H and O–H groups in total. The number of nitrogens with zero attached hydrogens (tertiary/aromatic N) is 2. The van der Waals surface area contributed by atoms with Crippen molar-refractivity contribution in [3.05, 3.63) is 5.01 Å². The Morgan fingerprint density at radius 2 is 1.81 bits per heavy atom. The van der Waals surface area contributed by atoms with Gasteiger partial charge in [0.2, 0.25) is 16.9 Å². The summed E-state index contributed by atoms with van der Waals surface area (Å²) in [4.78, 5) is 25.1. The van der Waals surface area contributed by atoms with Crippen LogP contribution in [0.2, 0.25) is 0 Å². The second kappa shape index (κ2) is 6.83. The average Bonchev–Trinajstić information content (AvgIpc) is 3.02. The Kier molecular flexibility index (Phi) is 4.77. The van der Waals surface area contributed by atoms with Crippen LogP contribution in [0.4, 0.5) is 5.13 Å². The summed E-state index contributed by atoms with van der Waals surface area (Å²) < 4.78 is 0. The van der Waals surface area contributed by atoms with Gasteiger partial charge >= 0.3 is 0 Å². The Labute approximate surface area is 164 Å². The van der Waals surface area contributed by atoms with E-state index in [1.807, 2.05) is 0 Å².